The van der Waals surface area contributed by atoms with Crippen molar-refractivity contribution >= 4 is 29.3 Å². The molecule has 3 N–H and O–H groups in total. The molecule has 0 spiro atoms. The molecule has 0 unspecified atom stereocenters. The number of anilines is 1. The molecule has 5 heterocycles. The molecule has 0 atom stereocenters. The van der Waals surface area contributed by atoms with Crippen LogP contribution in [0.1, 0.15) is 22.8 Å². The van der Waals surface area contributed by atoms with Gasteiger partial charge in [-0.15, -0.1) is 0 Å². The number of H-pyrrole nitrogens is 1. The second-order valence-electron chi connectivity index (χ2n) is 8.59. The highest BCUT2D eigenvalue weighted by molar-refractivity contribution is 6.06. The predicted octanol–water partition coefficient (Wildman–Crippen LogP) is 2.97. The van der Waals surface area contributed by atoms with E-state index in [9.17, 15) is 4.79 Å². The van der Waals surface area contributed by atoms with E-state index < -0.39 is 0 Å². The number of fused-ring (bicyclic) bond motifs is 2. The number of nitrogens with zero attached hydrogens (tertiary/aromatic N) is 5. The number of piperazine rings is 1. The molecule has 0 saturated carbocycles. The van der Waals surface area contributed by atoms with Crippen LogP contribution in [0.5, 0.6) is 0 Å². The number of rotatable bonds is 6. The summed E-state index contributed by atoms with van der Waals surface area (Å²) in [5, 5.41) is 7.15. The molecule has 34 heavy (non-hydrogen) atoms. The van der Waals surface area contributed by atoms with Crippen molar-refractivity contribution in [2.45, 2.75) is 13.5 Å². The largest absolute Gasteiger partial charge is 0.372 e. The van der Waals surface area contributed by atoms with Gasteiger partial charge < -0.3 is 25.4 Å². The fraction of sp³-hybridized carbons (Fsp3) is 0.280. The van der Waals surface area contributed by atoms with E-state index in [4.69, 9.17) is 4.98 Å². The van der Waals surface area contributed by atoms with Gasteiger partial charge in [0.1, 0.15) is 11.5 Å². The average molecular weight is 457 g/mol. The SMILES string of the molecule is C=N/C(=C\C=C(/C)N1CCN(C)CC1)Nc1cnc(-c2c[nH]c3ncccc23)c2c1C(=O)NC2. The highest BCUT2D eigenvalue weighted by Gasteiger charge is 2.28. The van der Waals surface area contributed by atoms with Crippen molar-refractivity contribution in [2.24, 2.45) is 4.99 Å². The summed E-state index contributed by atoms with van der Waals surface area (Å²) in [6.45, 7) is 10.3. The lowest BCUT2D eigenvalue weighted by atomic mass is 10.0. The van der Waals surface area contributed by atoms with E-state index >= 15 is 0 Å². The minimum Gasteiger partial charge on any atom is -0.372 e. The number of aromatic amines is 1. The molecule has 1 fully saturated rings. The first-order valence-corrected chi connectivity index (χ1v) is 11.3. The Morgan fingerprint density at radius 2 is 2.06 bits per heavy atom. The van der Waals surface area contributed by atoms with Gasteiger partial charge in [0, 0.05) is 67.3 Å². The van der Waals surface area contributed by atoms with Crippen LogP contribution in [0.3, 0.4) is 0 Å². The molecule has 2 aliphatic heterocycles. The van der Waals surface area contributed by atoms with Gasteiger partial charge >= 0.3 is 0 Å². The van der Waals surface area contributed by atoms with Crippen LogP contribution < -0.4 is 10.6 Å². The van der Waals surface area contributed by atoms with Crippen LogP contribution in [0.4, 0.5) is 5.69 Å². The zero-order valence-corrected chi connectivity index (χ0v) is 19.4. The Morgan fingerprint density at radius 1 is 1.24 bits per heavy atom. The topological polar surface area (TPSA) is 102 Å². The Kier molecular flexibility index (Phi) is 5.85. The smallest absolute Gasteiger partial charge is 0.254 e. The second-order valence-corrected chi connectivity index (χ2v) is 8.59. The van der Waals surface area contributed by atoms with Crippen LogP contribution in [-0.4, -0.2) is 70.6 Å². The second kappa shape index (κ2) is 9.11. The number of amides is 1. The van der Waals surface area contributed by atoms with E-state index in [1.54, 1.807) is 12.4 Å². The summed E-state index contributed by atoms with van der Waals surface area (Å²) in [6.07, 6.45) is 9.24. The normalized spacial score (nSPS) is 17.1. The molecule has 0 aromatic carbocycles. The Labute approximate surface area is 198 Å². The van der Waals surface area contributed by atoms with Crippen LogP contribution in [0.15, 0.2) is 59.4 Å². The summed E-state index contributed by atoms with van der Waals surface area (Å²) in [5.74, 6) is 0.424. The van der Waals surface area contributed by atoms with Crippen molar-refractivity contribution in [2.75, 3.05) is 38.5 Å². The molecule has 0 bridgehead atoms. The number of pyridine rings is 2. The van der Waals surface area contributed by atoms with Crippen LogP contribution in [-0.2, 0) is 6.54 Å². The highest BCUT2D eigenvalue weighted by Crippen LogP contribution is 2.35. The maximum Gasteiger partial charge on any atom is 0.254 e. The van der Waals surface area contributed by atoms with Crippen molar-refractivity contribution < 1.29 is 4.79 Å². The fourth-order valence-electron chi connectivity index (χ4n) is 4.46. The van der Waals surface area contributed by atoms with Gasteiger partial charge in [-0.1, -0.05) is 0 Å². The van der Waals surface area contributed by atoms with Crippen LogP contribution in [0.2, 0.25) is 0 Å². The lowest BCUT2D eigenvalue weighted by Crippen LogP contribution is -2.43. The molecule has 3 aromatic heterocycles. The molecule has 9 nitrogen and oxygen atoms in total. The Balaban J connectivity index is 1.44. The first-order chi connectivity index (χ1) is 16.5. The van der Waals surface area contributed by atoms with E-state index in [1.807, 2.05) is 30.5 Å². The monoisotopic (exact) mass is 456 g/mol. The lowest BCUT2D eigenvalue weighted by molar-refractivity contribution is 0.0966. The van der Waals surface area contributed by atoms with Crippen LogP contribution in [0, 0.1) is 0 Å². The molecule has 9 heteroatoms. The summed E-state index contributed by atoms with van der Waals surface area (Å²) < 4.78 is 0. The van der Waals surface area contributed by atoms with Gasteiger partial charge in [0.2, 0.25) is 0 Å². The summed E-state index contributed by atoms with van der Waals surface area (Å²) >= 11 is 0. The number of allylic oxidation sites excluding steroid dienone is 3. The standard InChI is InChI=1S/C25H28N8O/c1-16(33-11-9-32(3)10-12-33)6-7-21(26-2)31-20-15-28-23(19-14-30-25(34)22(19)20)18-13-29-24-17(18)5-4-8-27-24/h4-8,13,15,31H,2,9-12,14H2,1,3H3,(H,27,29)(H,30,34)/b16-6+,21-7+. The van der Waals surface area contributed by atoms with E-state index in [-0.39, 0.29) is 5.91 Å². The summed E-state index contributed by atoms with van der Waals surface area (Å²) in [5.41, 5.74) is 5.68. The third-order valence-corrected chi connectivity index (χ3v) is 6.46. The zero-order valence-electron chi connectivity index (χ0n) is 19.4. The third kappa shape index (κ3) is 4.06. The Morgan fingerprint density at radius 3 is 2.85 bits per heavy atom. The maximum atomic E-state index is 12.8. The van der Waals surface area contributed by atoms with Gasteiger partial charge in [-0.05, 0) is 45.0 Å². The van der Waals surface area contributed by atoms with Gasteiger partial charge in [0.05, 0.1) is 23.1 Å². The number of aliphatic imine (C=N–C) groups is 1. The number of carbonyl (C=O) groups excluding carboxylic acids is 1. The van der Waals surface area contributed by atoms with Gasteiger partial charge in [-0.2, -0.15) is 0 Å². The number of aromatic nitrogens is 3. The highest BCUT2D eigenvalue weighted by atomic mass is 16.1. The number of likely N-dealkylation sites (N-methyl/N-ethyl adjacent to an activating group) is 1. The molecule has 1 saturated heterocycles. The average Bonchev–Trinajstić information content (AvgIpc) is 3.46. The molecule has 3 aromatic rings. The quantitative estimate of drug-likeness (QED) is 0.389. The van der Waals surface area contributed by atoms with Gasteiger partial charge in [-0.25, -0.2) is 9.98 Å². The molecule has 5 rings (SSSR count). The molecule has 2 aliphatic rings. The van der Waals surface area contributed by atoms with Crippen molar-refractivity contribution in [3.63, 3.8) is 0 Å². The van der Waals surface area contributed by atoms with Crippen LogP contribution in [0.25, 0.3) is 22.3 Å². The molecule has 1 amide bonds. The van der Waals surface area contributed by atoms with E-state index in [1.165, 1.54) is 5.70 Å². The molecule has 0 aliphatic carbocycles. The van der Waals surface area contributed by atoms with Gasteiger partial charge in [0.25, 0.3) is 5.91 Å². The lowest BCUT2D eigenvalue weighted by Gasteiger charge is -2.34. The summed E-state index contributed by atoms with van der Waals surface area (Å²) in [6, 6.07) is 3.89. The van der Waals surface area contributed by atoms with Crippen molar-refractivity contribution in [1.29, 1.82) is 0 Å². The predicted molar refractivity (Wildman–Crippen MR) is 135 cm³/mol. The zero-order chi connectivity index (χ0) is 23.7. The van der Waals surface area contributed by atoms with Crippen molar-refractivity contribution in [3.8, 4) is 11.3 Å². The molecule has 174 valence electrons. The number of nitrogens with one attached hydrogen (secondary N) is 3. The van der Waals surface area contributed by atoms with Gasteiger partial charge in [0.15, 0.2) is 0 Å². The minimum absolute atomic E-state index is 0.133. The number of carbonyl (C=O) groups is 1. The first-order valence-electron chi connectivity index (χ1n) is 11.3. The number of hydrogen-bond acceptors (Lipinski definition) is 7. The molecule has 0 radical (unpaired) electrons. The Bertz CT molecular complexity index is 1310. The van der Waals surface area contributed by atoms with E-state index in [2.05, 4.69) is 56.1 Å². The van der Waals surface area contributed by atoms with E-state index in [0.29, 0.717) is 23.6 Å². The fourth-order valence-corrected chi connectivity index (χ4v) is 4.46. The van der Waals surface area contributed by atoms with E-state index in [0.717, 1.165) is 54.0 Å². The van der Waals surface area contributed by atoms with Gasteiger partial charge in [-0.3, -0.25) is 9.78 Å². The maximum absolute atomic E-state index is 12.8. The van der Waals surface area contributed by atoms with Crippen molar-refractivity contribution in [3.05, 3.63) is 65.5 Å². The first kappa shape index (κ1) is 21.8. The summed E-state index contributed by atoms with van der Waals surface area (Å²) in [7, 11) is 2.14. The number of hydrogen-bond donors (Lipinski definition) is 3. The third-order valence-electron chi connectivity index (χ3n) is 6.46. The van der Waals surface area contributed by atoms with Crippen molar-refractivity contribution in [1.82, 2.24) is 30.1 Å². The Hall–Kier alpha value is -3.98. The molecular weight excluding hydrogens is 428 g/mol. The summed E-state index contributed by atoms with van der Waals surface area (Å²) in [4.78, 5) is 33.8. The minimum atomic E-state index is -0.133. The molecular formula is C25H28N8O. The van der Waals surface area contributed by atoms with Crippen LogP contribution >= 0.6 is 0 Å².